The summed E-state index contributed by atoms with van der Waals surface area (Å²) in [6, 6.07) is 0. The average Bonchev–Trinajstić information content (AvgIpc) is 2.81. The van der Waals surface area contributed by atoms with Crippen LogP contribution >= 0.6 is 0 Å². The molecule has 3 atom stereocenters. The minimum Gasteiger partial charge on any atom is -0.393 e. The van der Waals surface area contributed by atoms with Gasteiger partial charge in [0.15, 0.2) is 0 Å². The molecule has 0 saturated heterocycles. The molecule has 1 amide bonds. The van der Waals surface area contributed by atoms with Crippen molar-refractivity contribution in [2.75, 3.05) is 27.2 Å². The molecule has 2 rings (SSSR count). The van der Waals surface area contributed by atoms with E-state index in [-0.39, 0.29) is 29.1 Å². The highest BCUT2D eigenvalue weighted by molar-refractivity contribution is 6.23. The van der Waals surface area contributed by atoms with E-state index in [4.69, 9.17) is 0 Å². The number of carbonyl (C=O) groups is 3. The number of hydrogen-bond donors (Lipinski definition) is 3. The van der Waals surface area contributed by atoms with Crippen molar-refractivity contribution < 1.29 is 19.5 Å². The minimum absolute atomic E-state index is 0.00786. The Hall–Kier alpha value is -2.77. The van der Waals surface area contributed by atoms with Crippen LogP contribution in [-0.4, -0.2) is 60.8 Å². The van der Waals surface area contributed by atoms with Gasteiger partial charge in [-0.3, -0.25) is 14.4 Å². The summed E-state index contributed by atoms with van der Waals surface area (Å²) in [4.78, 5) is 41.2. The number of carbonyl (C=O) groups excluding carboxylic acids is 3. The SMILES string of the molecule is C/C1=C\[C@H](C)[C@@H](O)CC[C@H](C)CC2=C(NCCN(C)C)C(=O)C=C(NC(=O)/C(C)=C/C=C\CC1)C2=O. The van der Waals surface area contributed by atoms with E-state index in [1.807, 2.05) is 45.0 Å². The Bertz CT molecular complexity index is 984. The molecule has 0 aromatic rings. The van der Waals surface area contributed by atoms with E-state index in [1.54, 1.807) is 13.0 Å². The van der Waals surface area contributed by atoms with Crippen molar-refractivity contribution in [2.45, 2.75) is 65.9 Å². The number of rotatable bonds is 4. The first-order chi connectivity index (χ1) is 17.0. The molecule has 0 fully saturated rings. The average molecular weight is 498 g/mol. The van der Waals surface area contributed by atoms with Crippen molar-refractivity contribution in [1.82, 2.24) is 15.5 Å². The molecule has 0 unspecified atom stereocenters. The predicted octanol–water partition coefficient (Wildman–Crippen LogP) is 3.59. The van der Waals surface area contributed by atoms with Gasteiger partial charge in [-0.05, 0) is 66.0 Å². The Kier molecular flexibility index (Phi) is 11.5. The number of ketones is 2. The second-order valence-corrected chi connectivity index (χ2v) is 10.4. The van der Waals surface area contributed by atoms with Gasteiger partial charge in [-0.15, -0.1) is 0 Å². The van der Waals surface area contributed by atoms with E-state index in [0.717, 1.165) is 12.8 Å². The highest BCUT2D eigenvalue weighted by Gasteiger charge is 2.30. The fourth-order valence-electron chi connectivity index (χ4n) is 4.31. The standard InChI is InChI=1S/C29H43N3O4/c1-19-10-8-7-9-11-21(3)29(36)31-24-18-26(34)27(30-14-15-32(5)6)23(28(24)35)17-20(2)12-13-25(33)22(4)16-19/h7,9,11,16,18,20,22,25,30,33H,8,10,12-15,17H2,1-6H3,(H,31,36)/b9-7-,19-16+,21-11+/t20-,22-,25-/m0/s1. The van der Waals surface area contributed by atoms with E-state index >= 15 is 0 Å². The third-order valence-corrected chi connectivity index (χ3v) is 6.66. The Morgan fingerprint density at radius 3 is 2.56 bits per heavy atom. The third-order valence-electron chi connectivity index (χ3n) is 6.66. The van der Waals surface area contributed by atoms with Crippen LogP contribution in [0.25, 0.3) is 0 Å². The fourth-order valence-corrected chi connectivity index (χ4v) is 4.31. The number of aliphatic hydroxyl groups excluding tert-OH is 1. The molecule has 1 aliphatic carbocycles. The van der Waals surface area contributed by atoms with Crippen LogP contribution < -0.4 is 10.6 Å². The van der Waals surface area contributed by atoms with Gasteiger partial charge < -0.3 is 20.6 Å². The number of fused-ring (bicyclic) bond motifs is 2. The van der Waals surface area contributed by atoms with Gasteiger partial charge >= 0.3 is 0 Å². The lowest BCUT2D eigenvalue weighted by Crippen LogP contribution is -2.37. The summed E-state index contributed by atoms with van der Waals surface area (Å²) < 4.78 is 0. The Labute approximate surface area is 216 Å². The van der Waals surface area contributed by atoms with Gasteiger partial charge in [0.05, 0.1) is 17.5 Å². The smallest absolute Gasteiger partial charge is 0.251 e. The Morgan fingerprint density at radius 1 is 1.14 bits per heavy atom. The highest BCUT2D eigenvalue weighted by atomic mass is 16.3. The zero-order valence-corrected chi connectivity index (χ0v) is 22.7. The van der Waals surface area contributed by atoms with Crippen LogP contribution in [0.4, 0.5) is 0 Å². The Morgan fingerprint density at radius 2 is 1.86 bits per heavy atom. The predicted molar refractivity (Wildman–Crippen MR) is 144 cm³/mol. The molecule has 198 valence electrons. The maximum atomic E-state index is 13.4. The number of likely N-dealkylation sites (N-methyl/N-ethyl adjacent to an activating group) is 1. The van der Waals surface area contributed by atoms with Gasteiger partial charge in [0.2, 0.25) is 11.6 Å². The summed E-state index contributed by atoms with van der Waals surface area (Å²) in [6.07, 6.45) is 11.8. The van der Waals surface area contributed by atoms with Crippen LogP contribution in [0.1, 0.15) is 59.8 Å². The first kappa shape index (κ1) is 29.5. The van der Waals surface area contributed by atoms with Crippen LogP contribution in [0, 0.1) is 11.8 Å². The number of hydrogen-bond acceptors (Lipinski definition) is 6. The zero-order chi connectivity index (χ0) is 26.8. The Balaban J connectivity index is 2.37. The normalized spacial score (nSPS) is 29.2. The maximum absolute atomic E-state index is 13.4. The molecule has 7 nitrogen and oxygen atoms in total. The molecule has 7 heteroatoms. The molecular weight excluding hydrogens is 454 g/mol. The van der Waals surface area contributed by atoms with Crippen LogP contribution in [0.5, 0.6) is 0 Å². The van der Waals surface area contributed by atoms with E-state index < -0.39 is 12.0 Å². The summed E-state index contributed by atoms with van der Waals surface area (Å²) >= 11 is 0. The number of nitrogens with zero attached hydrogens (tertiary/aromatic N) is 1. The fraction of sp³-hybridized carbons (Fsp3) is 0.552. The molecule has 2 aliphatic rings. The molecule has 0 spiro atoms. The molecule has 36 heavy (non-hydrogen) atoms. The minimum atomic E-state index is -0.476. The number of amides is 1. The summed E-state index contributed by atoms with van der Waals surface area (Å²) in [5, 5.41) is 16.5. The van der Waals surface area contributed by atoms with Gasteiger partial charge in [0.25, 0.3) is 5.91 Å². The number of aliphatic hydroxyl groups is 1. The lowest BCUT2D eigenvalue weighted by atomic mass is 9.86. The first-order valence-electron chi connectivity index (χ1n) is 12.9. The van der Waals surface area contributed by atoms with Crippen LogP contribution in [0.2, 0.25) is 0 Å². The van der Waals surface area contributed by atoms with Gasteiger partial charge in [-0.1, -0.05) is 43.7 Å². The van der Waals surface area contributed by atoms with Crippen molar-refractivity contribution in [2.24, 2.45) is 11.8 Å². The van der Waals surface area contributed by atoms with Crippen molar-refractivity contribution >= 4 is 17.5 Å². The van der Waals surface area contributed by atoms with Crippen molar-refractivity contribution in [3.8, 4) is 0 Å². The largest absolute Gasteiger partial charge is 0.393 e. The zero-order valence-electron chi connectivity index (χ0n) is 22.7. The van der Waals surface area contributed by atoms with E-state index in [9.17, 15) is 19.5 Å². The lowest BCUT2D eigenvalue weighted by molar-refractivity contribution is -0.120. The summed E-state index contributed by atoms with van der Waals surface area (Å²) in [5.41, 5.74) is 2.37. The first-order valence-corrected chi connectivity index (χ1v) is 12.9. The lowest BCUT2D eigenvalue weighted by Gasteiger charge is -2.24. The van der Waals surface area contributed by atoms with Crippen molar-refractivity contribution in [3.05, 3.63) is 58.5 Å². The second-order valence-electron chi connectivity index (χ2n) is 10.4. The van der Waals surface area contributed by atoms with Crippen molar-refractivity contribution in [1.29, 1.82) is 0 Å². The monoisotopic (exact) mass is 497 g/mol. The molecule has 0 aromatic heterocycles. The second kappa shape index (κ2) is 14.1. The van der Waals surface area contributed by atoms with Crippen LogP contribution in [0.15, 0.2) is 58.5 Å². The molecule has 0 saturated carbocycles. The molecule has 0 radical (unpaired) electrons. The highest BCUT2D eigenvalue weighted by Crippen LogP contribution is 2.27. The summed E-state index contributed by atoms with van der Waals surface area (Å²) in [7, 11) is 3.88. The summed E-state index contributed by atoms with van der Waals surface area (Å²) in [6.45, 7) is 9.03. The van der Waals surface area contributed by atoms with Crippen LogP contribution in [-0.2, 0) is 14.4 Å². The third kappa shape index (κ3) is 9.03. The molecule has 2 bridgehead atoms. The van der Waals surface area contributed by atoms with Gasteiger partial charge in [-0.25, -0.2) is 0 Å². The number of nitrogens with one attached hydrogen (secondary N) is 2. The van der Waals surface area contributed by atoms with Crippen LogP contribution in [0.3, 0.4) is 0 Å². The molecule has 1 heterocycles. The molecule has 3 N–H and O–H groups in total. The quantitative estimate of drug-likeness (QED) is 0.406. The van der Waals surface area contributed by atoms with Gasteiger partial charge in [0.1, 0.15) is 0 Å². The maximum Gasteiger partial charge on any atom is 0.251 e. The van der Waals surface area contributed by atoms with E-state index in [1.165, 1.54) is 11.6 Å². The topological polar surface area (TPSA) is 98.7 Å². The van der Waals surface area contributed by atoms with Gasteiger partial charge in [0, 0.05) is 36.2 Å². The van der Waals surface area contributed by atoms with Gasteiger partial charge in [-0.2, -0.15) is 0 Å². The number of Topliss-reactive ketones (excluding diaryl/α,β-unsaturated/α-hetero) is 1. The summed E-state index contributed by atoms with van der Waals surface area (Å²) in [5.74, 6) is -0.961. The molecule has 0 aromatic carbocycles. The number of allylic oxidation sites excluding steroid dienone is 6. The van der Waals surface area contributed by atoms with E-state index in [0.29, 0.717) is 49.2 Å². The van der Waals surface area contributed by atoms with Crippen molar-refractivity contribution in [3.63, 3.8) is 0 Å². The molecule has 1 aliphatic heterocycles. The molecular formula is C29H43N3O4. The van der Waals surface area contributed by atoms with E-state index in [2.05, 4.69) is 23.6 Å².